The van der Waals surface area contributed by atoms with E-state index < -0.39 is 0 Å². The fourth-order valence-electron chi connectivity index (χ4n) is 3.19. The molecule has 3 heterocycles. The predicted octanol–water partition coefficient (Wildman–Crippen LogP) is 3.62. The highest BCUT2D eigenvalue weighted by Gasteiger charge is 2.19. The summed E-state index contributed by atoms with van der Waals surface area (Å²) in [6, 6.07) is 4.03. The number of hydrogen-bond acceptors (Lipinski definition) is 6. The molecule has 0 radical (unpaired) electrons. The van der Waals surface area contributed by atoms with Crippen LogP contribution in [0.15, 0.2) is 18.5 Å². The lowest BCUT2D eigenvalue weighted by Crippen LogP contribution is -2.02. The van der Waals surface area contributed by atoms with Gasteiger partial charge in [-0.25, -0.2) is 15.0 Å². The molecule has 7 heteroatoms. The van der Waals surface area contributed by atoms with Gasteiger partial charge < -0.3 is 5.73 Å². The highest BCUT2D eigenvalue weighted by molar-refractivity contribution is 5.80. The van der Waals surface area contributed by atoms with E-state index in [1.54, 1.807) is 12.4 Å². The lowest BCUT2D eigenvalue weighted by atomic mass is 9.99. The van der Waals surface area contributed by atoms with Crippen molar-refractivity contribution in [2.45, 2.75) is 47.1 Å². The summed E-state index contributed by atoms with van der Waals surface area (Å²) in [6.07, 6.45) is 3.47. The van der Waals surface area contributed by atoms with Gasteiger partial charge in [-0.3, -0.25) is 4.68 Å². The molecule has 3 aromatic rings. The average Bonchev–Trinajstić information content (AvgIpc) is 2.94. The van der Waals surface area contributed by atoms with Gasteiger partial charge in [-0.15, -0.1) is 0 Å². The van der Waals surface area contributed by atoms with Gasteiger partial charge in [0, 0.05) is 47.2 Å². The van der Waals surface area contributed by atoms with Crippen LogP contribution < -0.4 is 5.73 Å². The van der Waals surface area contributed by atoms with Crippen molar-refractivity contribution in [3.63, 3.8) is 0 Å². The number of aromatic nitrogens is 5. The van der Waals surface area contributed by atoms with Gasteiger partial charge in [-0.1, -0.05) is 13.8 Å². The van der Waals surface area contributed by atoms with Gasteiger partial charge in [0.25, 0.3) is 0 Å². The predicted molar refractivity (Wildman–Crippen MR) is 105 cm³/mol. The molecule has 2 N–H and O–H groups in total. The number of anilines is 1. The first-order chi connectivity index (χ1) is 12.9. The van der Waals surface area contributed by atoms with Crippen LogP contribution in [0.25, 0.3) is 22.4 Å². The lowest BCUT2D eigenvalue weighted by molar-refractivity contribution is 0.634. The molecule has 0 saturated heterocycles. The quantitative estimate of drug-likeness (QED) is 0.760. The molecule has 0 spiro atoms. The van der Waals surface area contributed by atoms with Gasteiger partial charge in [-0.2, -0.15) is 10.4 Å². The maximum atomic E-state index is 9.59. The van der Waals surface area contributed by atoms with Crippen molar-refractivity contribution in [3.05, 3.63) is 41.2 Å². The summed E-state index contributed by atoms with van der Waals surface area (Å²) in [6.45, 7) is 10.9. The molecule has 138 valence electrons. The first-order valence-corrected chi connectivity index (χ1v) is 8.94. The molecule has 0 fully saturated rings. The number of nitrogen functional groups attached to an aromatic ring is 1. The Balaban J connectivity index is 2.21. The number of pyridine rings is 1. The van der Waals surface area contributed by atoms with Crippen molar-refractivity contribution in [2.24, 2.45) is 0 Å². The minimum atomic E-state index is 0.195. The fourth-order valence-corrected chi connectivity index (χ4v) is 3.19. The number of nitriles is 1. The number of nitrogens with zero attached hydrogens (tertiary/aromatic N) is 6. The zero-order chi connectivity index (χ0) is 19.7. The van der Waals surface area contributed by atoms with E-state index in [-0.39, 0.29) is 11.7 Å². The Bertz CT molecular complexity index is 1020. The largest absolute Gasteiger partial charge is 0.383 e. The van der Waals surface area contributed by atoms with Gasteiger partial charge in [0.2, 0.25) is 0 Å². The van der Waals surface area contributed by atoms with E-state index in [4.69, 9.17) is 5.73 Å². The van der Waals surface area contributed by atoms with Crippen molar-refractivity contribution >= 4 is 5.82 Å². The van der Waals surface area contributed by atoms with Crippen LogP contribution in [0.2, 0.25) is 0 Å². The summed E-state index contributed by atoms with van der Waals surface area (Å²) in [7, 11) is 0. The Morgan fingerprint density at radius 2 is 1.89 bits per heavy atom. The Labute approximate surface area is 158 Å². The van der Waals surface area contributed by atoms with E-state index in [1.807, 2.05) is 45.4 Å². The van der Waals surface area contributed by atoms with Crippen LogP contribution in [0.4, 0.5) is 5.82 Å². The first kappa shape index (κ1) is 18.5. The number of aryl methyl sites for hydroxylation is 2. The van der Waals surface area contributed by atoms with Gasteiger partial charge in [0.15, 0.2) is 0 Å². The van der Waals surface area contributed by atoms with Gasteiger partial charge >= 0.3 is 0 Å². The molecule has 27 heavy (non-hydrogen) atoms. The molecule has 0 aliphatic heterocycles. The fraction of sp³-hybridized carbons (Fsp3) is 0.350. The molecule has 0 saturated carbocycles. The van der Waals surface area contributed by atoms with Crippen molar-refractivity contribution in [1.29, 1.82) is 5.26 Å². The number of rotatable bonds is 4. The second-order valence-electron chi connectivity index (χ2n) is 6.77. The standard InChI is InChI=1S/C20H23N7/c1-6-27-13(5)18(12(4)26-27)17-7-15(16(8-21)19(22)25-17)14-9-23-20(11(2)3)24-10-14/h7,9-11H,6H2,1-5H3,(H2,22,25). The van der Waals surface area contributed by atoms with Crippen LogP contribution in [-0.4, -0.2) is 24.7 Å². The van der Waals surface area contributed by atoms with E-state index in [1.165, 1.54) is 0 Å². The topological polar surface area (TPSA) is 106 Å². The maximum Gasteiger partial charge on any atom is 0.142 e. The van der Waals surface area contributed by atoms with Crippen molar-refractivity contribution in [3.8, 4) is 28.5 Å². The monoisotopic (exact) mass is 361 g/mol. The summed E-state index contributed by atoms with van der Waals surface area (Å²) in [5.41, 5.74) is 11.4. The summed E-state index contributed by atoms with van der Waals surface area (Å²) in [5, 5.41) is 14.1. The van der Waals surface area contributed by atoms with Crippen LogP contribution in [0.1, 0.15) is 49.5 Å². The first-order valence-electron chi connectivity index (χ1n) is 8.94. The molecule has 0 aliphatic rings. The van der Waals surface area contributed by atoms with Gasteiger partial charge in [-0.05, 0) is 26.8 Å². The van der Waals surface area contributed by atoms with Crippen LogP contribution >= 0.6 is 0 Å². The molecule has 3 rings (SSSR count). The highest BCUT2D eigenvalue weighted by atomic mass is 15.3. The highest BCUT2D eigenvalue weighted by Crippen LogP contribution is 2.33. The molecule has 0 aromatic carbocycles. The van der Waals surface area contributed by atoms with E-state index in [0.29, 0.717) is 16.8 Å². The summed E-state index contributed by atoms with van der Waals surface area (Å²) < 4.78 is 1.93. The smallest absolute Gasteiger partial charge is 0.142 e. The number of hydrogen-bond donors (Lipinski definition) is 1. The minimum Gasteiger partial charge on any atom is -0.383 e. The Morgan fingerprint density at radius 3 is 2.41 bits per heavy atom. The summed E-state index contributed by atoms with van der Waals surface area (Å²) in [4.78, 5) is 13.3. The second kappa shape index (κ2) is 7.16. The van der Waals surface area contributed by atoms with Crippen molar-refractivity contribution in [2.75, 3.05) is 5.73 Å². The maximum absolute atomic E-state index is 9.59. The molecule has 7 nitrogen and oxygen atoms in total. The molecule has 3 aromatic heterocycles. The normalized spacial score (nSPS) is 11.0. The Morgan fingerprint density at radius 1 is 1.22 bits per heavy atom. The Kier molecular flexibility index (Phi) is 4.91. The van der Waals surface area contributed by atoms with Crippen molar-refractivity contribution < 1.29 is 0 Å². The number of nitrogens with two attached hydrogens (primary N) is 1. The zero-order valence-electron chi connectivity index (χ0n) is 16.3. The third kappa shape index (κ3) is 3.26. The summed E-state index contributed by atoms with van der Waals surface area (Å²) in [5.74, 6) is 1.19. The Hall–Kier alpha value is -3.27. The third-order valence-corrected chi connectivity index (χ3v) is 4.60. The minimum absolute atomic E-state index is 0.195. The second-order valence-corrected chi connectivity index (χ2v) is 6.77. The molecular formula is C20H23N7. The van der Waals surface area contributed by atoms with E-state index in [2.05, 4.69) is 26.1 Å². The molecular weight excluding hydrogens is 338 g/mol. The molecule has 0 aliphatic carbocycles. The van der Waals surface area contributed by atoms with Gasteiger partial charge in [0.05, 0.1) is 11.4 Å². The molecule has 0 bridgehead atoms. The molecule has 0 unspecified atom stereocenters. The van der Waals surface area contributed by atoms with E-state index in [9.17, 15) is 5.26 Å². The van der Waals surface area contributed by atoms with Crippen molar-refractivity contribution in [1.82, 2.24) is 24.7 Å². The van der Waals surface area contributed by atoms with E-state index in [0.717, 1.165) is 34.9 Å². The van der Waals surface area contributed by atoms with Crippen LogP contribution in [0, 0.1) is 25.2 Å². The molecule has 0 amide bonds. The van der Waals surface area contributed by atoms with Crippen LogP contribution in [0.3, 0.4) is 0 Å². The SMILES string of the molecule is CCn1nc(C)c(-c2cc(-c3cnc(C(C)C)nc3)c(C#N)c(N)n2)c1C. The van der Waals surface area contributed by atoms with Gasteiger partial charge in [0.1, 0.15) is 23.3 Å². The van der Waals surface area contributed by atoms with Crippen LogP contribution in [0.5, 0.6) is 0 Å². The zero-order valence-corrected chi connectivity index (χ0v) is 16.3. The average molecular weight is 361 g/mol. The third-order valence-electron chi connectivity index (χ3n) is 4.60. The molecule has 0 atom stereocenters. The van der Waals surface area contributed by atoms with E-state index >= 15 is 0 Å². The lowest BCUT2D eigenvalue weighted by Gasteiger charge is -2.11. The van der Waals surface area contributed by atoms with Crippen LogP contribution in [-0.2, 0) is 6.54 Å². The summed E-state index contributed by atoms with van der Waals surface area (Å²) >= 11 is 0.